The van der Waals surface area contributed by atoms with Crippen LogP contribution in [-0.2, 0) is 0 Å². The summed E-state index contributed by atoms with van der Waals surface area (Å²) >= 11 is 0. The zero-order chi connectivity index (χ0) is 7.26. The molecule has 1 N–H and O–H groups in total. The van der Waals surface area contributed by atoms with Crippen LogP contribution in [0.4, 0.5) is 0 Å². The Labute approximate surface area is 68.0 Å². The predicted molar refractivity (Wildman–Crippen MR) is 44.5 cm³/mol. The molecule has 1 aliphatic carbocycles. The van der Waals surface area contributed by atoms with Gasteiger partial charge in [0.05, 0.1) is 0 Å². The summed E-state index contributed by atoms with van der Waals surface area (Å²) in [5.74, 6) is 1.05. The van der Waals surface area contributed by atoms with Gasteiger partial charge in [-0.15, -0.1) is 0 Å². The Morgan fingerprint density at radius 1 is 1.27 bits per heavy atom. The van der Waals surface area contributed by atoms with Crippen molar-refractivity contribution < 1.29 is 0 Å². The summed E-state index contributed by atoms with van der Waals surface area (Å²) in [5, 5.41) is 3.50. The lowest BCUT2D eigenvalue weighted by molar-refractivity contribution is 0.112. The quantitative estimate of drug-likeness (QED) is 0.542. The van der Waals surface area contributed by atoms with Gasteiger partial charge in [0, 0.05) is 31.7 Å². The van der Waals surface area contributed by atoms with E-state index in [0.29, 0.717) is 0 Å². The first kappa shape index (κ1) is 6.44. The van der Waals surface area contributed by atoms with Crippen LogP contribution in [0, 0.1) is 5.92 Å². The summed E-state index contributed by atoms with van der Waals surface area (Å²) < 4.78 is 0. The van der Waals surface area contributed by atoms with E-state index >= 15 is 0 Å². The molecule has 0 aromatic rings. The Kier molecular flexibility index (Phi) is 1.29. The third-order valence-electron chi connectivity index (χ3n) is 3.78. The fourth-order valence-electron chi connectivity index (χ4n) is 3.27. The molecule has 2 heterocycles. The van der Waals surface area contributed by atoms with Gasteiger partial charge in [-0.1, -0.05) is 0 Å². The Bertz CT molecular complexity index is 151. The second-order valence-electron chi connectivity index (χ2n) is 4.24. The second kappa shape index (κ2) is 2.20. The molecule has 62 valence electrons. The lowest BCUT2D eigenvalue weighted by atomic mass is 9.97. The van der Waals surface area contributed by atoms with Gasteiger partial charge in [-0.05, 0) is 25.2 Å². The third-order valence-corrected chi connectivity index (χ3v) is 3.78. The van der Waals surface area contributed by atoms with Crippen LogP contribution in [0.25, 0.3) is 0 Å². The van der Waals surface area contributed by atoms with Gasteiger partial charge in [0.15, 0.2) is 0 Å². The first-order valence-corrected chi connectivity index (χ1v) is 4.91. The van der Waals surface area contributed by atoms with Crippen molar-refractivity contribution in [2.75, 3.05) is 19.6 Å². The predicted octanol–water partition coefficient (Wildman–Crippen LogP) is 0.442. The molecule has 3 fully saturated rings. The Hall–Kier alpha value is -0.0800. The number of hydrogen-bond donors (Lipinski definition) is 1. The molecular formula is C9H16N2. The van der Waals surface area contributed by atoms with E-state index in [0.717, 1.165) is 18.0 Å². The zero-order valence-electron chi connectivity index (χ0n) is 6.92. The number of piperazine rings is 1. The molecule has 3 aliphatic rings. The van der Waals surface area contributed by atoms with Gasteiger partial charge in [0.1, 0.15) is 0 Å². The van der Waals surface area contributed by atoms with Crippen molar-refractivity contribution in [3.05, 3.63) is 0 Å². The molecule has 0 aromatic carbocycles. The highest BCUT2D eigenvalue weighted by molar-refractivity contribution is 5.01. The molecule has 3 atom stereocenters. The highest BCUT2D eigenvalue weighted by atomic mass is 15.3. The molecule has 11 heavy (non-hydrogen) atoms. The van der Waals surface area contributed by atoms with Gasteiger partial charge in [0.2, 0.25) is 0 Å². The summed E-state index contributed by atoms with van der Waals surface area (Å²) in [6, 6.07) is 1.90. The second-order valence-corrected chi connectivity index (χ2v) is 4.24. The summed E-state index contributed by atoms with van der Waals surface area (Å²) in [6.07, 6.45) is 4.50. The molecular weight excluding hydrogens is 136 g/mol. The Morgan fingerprint density at radius 3 is 3.18 bits per heavy atom. The van der Waals surface area contributed by atoms with Crippen LogP contribution in [0.3, 0.4) is 0 Å². The van der Waals surface area contributed by atoms with E-state index in [9.17, 15) is 0 Å². The van der Waals surface area contributed by atoms with Crippen LogP contribution in [0.2, 0.25) is 0 Å². The van der Waals surface area contributed by atoms with Crippen LogP contribution in [0.1, 0.15) is 19.3 Å². The normalized spacial score (nSPS) is 49.6. The average Bonchev–Trinajstić information content (AvgIpc) is 2.64. The topological polar surface area (TPSA) is 15.3 Å². The van der Waals surface area contributed by atoms with E-state index < -0.39 is 0 Å². The molecule has 3 rings (SSSR count). The number of fused-ring (bicyclic) bond motifs is 5. The molecule has 1 saturated carbocycles. The minimum atomic E-state index is 0.919. The number of hydrogen-bond acceptors (Lipinski definition) is 2. The number of nitrogens with zero attached hydrogens (tertiary/aromatic N) is 1. The number of rotatable bonds is 0. The van der Waals surface area contributed by atoms with Crippen molar-refractivity contribution >= 4 is 0 Å². The highest BCUT2D eigenvalue weighted by Gasteiger charge is 2.45. The van der Waals surface area contributed by atoms with Gasteiger partial charge in [-0.3, -0.25) is 4.90 Å². The third kappa shape index (κ3) is 0.798. The lowest BCUT2D eigenvalue weighted by Gasteiger charge is -2.39. The lowest BCUT2D eigenvalue weighted by Crippen LogP contribution is -2.53. The zero-order valence-corrected chi connectivity index (χ0v) is 6.92. The van der Waals surface area contributed by atoms with Crippen molar-refractivity contribution in [1.82, 2.24) is 10.2 Å². The van der Waals surface area contributed by atoms with Crippen molar-refractivity contribution in [1.29, 1.82) is 0 Å². The van der Waals surface area contributed by atoms with Crippen molar-refractivity contribution in [2.45, 2.75) is 31.3 Å². The molecule has 0 radical (unpaired) electrons. The molecule has 2 saturated heterocycles. The van der Waals surface area contributed by atoms with E-state index in [1.165, 1.54) is 38.9 Å². The molecule has 2 bridgehead atoms. The fourth-order valence-corrected chi connectivity index (χ4v) is 3.27. The maximum Gasteiger partial charge on any atom is 0.0252 e. The number of piperidine rings is 1. The average molecular weight is 152 g/mol. The monoisotopic (exact) mass is 152 g/mol. The van der Waals surface area contributed by atoms with Crippen molar-refractivity contribution in [3.63, 3.8) is 0 Å². The van der Waals surface area contributed by atoms with Gasteiger partial charge in [-0.2, -0.15) is 0 Å². The van der Waals surface area contributed by atoms with Crippen molar-refractivity contribution in [2.24, 2.45) is 5.92 Å². The summed E-state index contributed by atoms with van der Waals surface area (Å²) in [5.41, 5.74) is 0. The van der Waals surface area contributed by atoms with Crippen LogP contribution in [-0.4, -0.2) is 36.6 Å². The van der Waals surface area contributed by atoms with Gasteiger partial charge in [0.25, 0.3) is 0 Å². The standard InChI is InChI=1S/C9H16N2/c1-2-8-5-7(1)9-6-10-3-4-11(8)9/h7-10H,1-6H2. The Morgan fingerprint density at radius 2 is 2.27 bits per heavy atom. The van der Waals surface area contributed by atoms with Crippen LogP contribution >= 0.6 is 0 Å². The van der Waals surface area contributed by atoms with Gasteiger partial charge in [-0.25, -0.2) is 0 Å². The van der Waals surface area contributed by atoms with E-state index in [1.807, 2.05) is 0 Å². The number of nitrogens with one attached hydrogen (secondary N) is 1. The summed E-state index contributed by atoms with van der Waals surface area (Å²) in [4.78, 5) is 2.75. The van der Waals surface area contributed by atoms with Crippen LogP contribution in [0.5, 0.6) is 0 Å². The minimum absolute atomic E-state index is 0.919. The first-order chi connectivity index (χ1) is 5.45. The smallest absolute Gasteiger partial charge is 0.0252 e. The van der Waals surface area contributed by atoms with Crippen LogP contribution < -0.4 is 5.32 Å². The largest absolute Gasteiger partial charge is 0.314 e. The van der Waals surface area contributed by atoms with Gasteiger partial charge < -0.3 is 5.32 Å². The fraction of sp³-hybridized carbons (Fsp3) is 1.00. The molecule has 2 aliphatic heterocycles. The maximum atomic E-state index is 3.50. The maximum absolute atomic E-state index is 3.50. The summed E-state index contributed by atoms with van der Waals surface area (Å²) in [6.45, 7) is 3.80. The van der Waals surface area contributed by atoms with Crippen molar-refractivity contribution in [3.8, 4) is 0 Å². The van der Waals surface area contributed by atoms with E-state index in [-0.39, 0.29) is 0 Å². The molecule has 3 unspecified atom stereocenters. The highest BCUT2D eigenvalue weighted by Crippen LogP contribution is 2.42. The van der Waals surface area contributed by atoms with E-state index in [4.69, 9.17) is 0 Å². The SMILES string of the molecule is C1CN2C3CCC(C3)C2CN1. The molecule has 0 aromatic heterocycles. The van der Waals surface area contributed by atoms with E-state index in [1.54, 1.807) is 0 Å². The van der Waals surface area contributed by atoms with Gasteiger partial charge >= 0.3 is 0 Å². The minimum Gasteiger partial charge on any atom is -0.314 e. The first-order valence-electron chi connectivity index (χ1n) is 4.91. The molecule has 0 amide bonds. The molecule has 2 nitrogen and oxygen atoms in total. The molecule has 0 spiro atoms. The molecule has 2 heteroatoms. The summed E-state index contributed by atoms with van der Waals surface area (Å²) in [7, 11) is 0. The Balaban J connectivity index is 1.84. The van der Waals surface area contributed by atoms with E-state index in [2.05, 4.69) is 10.2 Å². The van der Waals surface area contributed by atoms with Crippen LogP contribution in [0.15, 0.2) is 0 Å².